The van der Waals surface area contributed by atoms with Crippen LogP contribution >= 0.6 is 0 Å². The lowest BCUT2D eigenvalue weighted by Crippen LogP contribution is -2.55. The predicted molar refractivity (Wildman–Crippen MR) is 158 cm³/mol. The molecule has 4 aromatic rings. The topological polar surface area (TPSA) is 92.5 Å². The summed E-state index contributed by atoms with van der Waals surface area (Å²) in [7, 11) is -0.989. The Kier molecular flexibility index (Phi) is 8.68. The van der Waals surface area contributed by atoms with E-state index in [4.69, 9.17) is 27.7 Å². The average Bonchev–Trinajstić information content (AvgIpc) is 3.43. The maximum Gasteiger partial charge on any atom is 0.501 e. The summed E-state index contributed by atoms with van der Waals surface area (Å²) in [4.78, 5) is 7.05. The van der Waals surface area contributed by atoms with Gasteiger partial charge >= 0.3 is 8.80 Å². The first kappa shape index (κ1) is 27.6. The van der Waals surface area contributed by atoms with Gasteiger partial charge in [-0.05, 0) is 35.4 Å². The molecule has 0 radical (unpaired) electrons. The highest BCUT2D eigenvalue weighted by Crippen LogP contribution is 2.30. The van der Waals surface area contributed by atoms with Crippen LogP contribution in [0.4, 0.5) is 5.69 Å². The van der Waals surface area contributed by atoms with E-state index in [1.54, 1.807) is 7.11 Å². The lowest BCUT2D eigenvalue weighted by atomic mass is 10.0. The van der Waals surface area contributed by atoms with Crippen molar-refractivity contribution in [3.63, 3.8) is 0 Å². The second kappa shape index (κ2) is 12.9. The molecule has 4 heterocycles. The third kappa shape index (κ3) is 6.66. The molecule has 3 aliphatic heterocycles. The molecule has 0 saturated carbocycles. The van der Waals surface area contributed by atoms with Crippen molar-refractivity contribution in [2.24, 2.45) is 4.99 Å². The van der Waals surface area contributed by atoms with E-state index < -0.39 is 8.80 Å². The quantitative estimate of drug-likeness (QED) is 0.203. The summed E-state index contributed by atoms with van der Waals surface area (Å²) >= 11 is 0. The molecule has 7 rings (SSSR count). The lowest BCUT2D eigenvalue weighted by Gasteiger charge is -2.38. The Hall–Kier alpha value is -3.61. The van der Waals surface area contributed by atoms with Crippen molar-refractivity contribution in [1.82, 2.24) is 19.9 Å². The van der Waals surface area contributed by atoms with Gasteiger partial charge in [-0.2, -0.15) is 0 Å². The van der Waals surface area contributed by atoms with E-state index in [1.807, 2.05) is 59.6 Å². The first-order valence-electron chi connectivity index (χ1n) is 14.1. The third-order valence-corrected chi connectivity index (χ3v) is 10.3. The molecule has 1 aromatic heterocycles. The molecule has 0 aliphatic carbocycles. The number of benzene rings is 3. The molecular weight excluding hydrogens is 538 g/mol. The Labute approximate surface area is 240 Å². The normalized spacial score (nSPS) is 21.0. The summed E-state index contributed by atoms with van der Waals surface area (Å²) < 4.78 is 32.0. The molecule has 10 nitrogen and oxygen atoms in total. The second-order valence-electron chi connectivity index (χ2n) is 10.1. The number of rotatable bonds is 10. The van der Waals surface area contributed by atoms with Gasteiger partial charge in [-0.1, -0.05) is 47.7 Å². The van der Waals surface area contributed by atoms with Crippen LogP contribution in [0, 0.1) is 0 Å². The number of aliphatic imine (C=N–C) groups is 1. The number of aryl methyl sites for hydroxylation is 1. The zero-order chi connectivity index (χ0) is 27.9. The molecule has 0 atom stereocenters. The molecule has 11 heteroatoms. The smallest absolute Gasteiger partial charge is 0.494 e. The minimum absolute atomic E-state index is 0.290. The van der Waals surface area contributed by atoms with Crippen LogP contribution in [0.3, 0.4) is 0 Å². The molecule has 0 spiro atoms. The van der Waals surface area contributed by atoms with E-state index in [0.717, 1.165) is 65.6 Å². The van der Waals surface area contributed by atoms with Crippen molar-refractivity contribution in [2.45, 2.75) is 25.6 Å². The number of hydrogen-bond acceptors (Lipinski definition) is 9. The fourth-order valence-electron chi connectivity index (χ4n) is 5.20. The van der Waals surface area contributed by atoms with Crippen molar-refractivity contribution in [1.29, 1.82) is 0 Å². The van der Waals surface area contributed by atoms with E-state index >= 15 is 0 Å². The third-order valence-electron chi connectivity index (χ3n) is 7.37. The minimum atomic E-state index is -2.63. The summed E-state index contributed by atoms with van der Waals surface area (Å²) in [5, 5.41) is 10.8. The number of nitrogens with zero attached hydrogens (tertiary/aromatic N) is 5. The molecule has 3 saturated heterocycles. The number of ether oxygens (including phenoxy) is 2. The predicted octanol–water partition coefficient (Wildman–Crippen LogP) is 4.48. The molecule has 214 valence electrons. The number of para-hydroxylation sites is 2. The highest BCUT2D eigenvalue weighted by atomic mass is 28.4. The molecular formula is C30H35N5O5Si. The van der Waals surface area contributed by atoms with Crippen LogP contribution in [-0.2, 0) is 26.4 Å². The van der Waals surface area contributed by atoms with Crippen LogP contribution in [0.5, 0.6) is 11.5 Å². The molecule has 3 fully saturated rings. The summed E-state index contributed by atoms with van der Waals surface area (Å²) in [5.74, 6) is 1.44. The number of aromatic nitrogens is 3. The van der Waals surface area contributed by atoms with E-state index in [-0.39, 0.29) is 0 Å². The lowest BCUT2D eigenvalue weighted by molar-refractivity contribution is -0.00869. The number of methoxy groups -OCH3 is 1. The van der Waals surface area contributed by atoms with Gasteiger partial charge in [-0.15, -0.1) is 5.10 Å². The van der Waals surface area contributed by atoms with Gasteiger partial charge in [-0.25, -0.2) is 0 Å². The first-order chi connectivity index (χ1) is 20.2. The maximum absolute atomic E-state index is 6.27. The maximum atomic E-state index is 6.27. The van der Waals surface area contributed by atoms with E-state index in [1.165, 1.54) is 0 Å². The molecule has 0 unspecified atom stereocenters. The summed E-state index contributed by atoms with van der Waals surface area (Å²) in [6.45, 7) is 5.82. The van der Waals surface area contributed by atoms with E-state index in [0.29, 0.717) is 38.7 Å². The summed E-state index contributed by atoms with van der Waals surface area (Å²) in [6.07, 6.45) is 4.61. The number of hydrogen-bond donors (Lipinski definition) is 0. The Morgan fingerprint density at radius 1 is 0.927 bits per heavy atom. The Morgan fingerprint density at radius 3 is 2.49 bits per heavy atom. The van der Waals surface area contributed by atoms with Crippen LogP contribution in [0.2, 0.25) is 6.04 Å². The van der Waals surface area contributed by atoms with Gasteiger partial charge in [0.25, 0.3) is 0 Å². The Morgan fingerprint density at radius 2 is 1.68 bits per heavy atom. The van der Waals surface area contributed by atoms with Crippen molar-refractivity contribution < 1.29 is 22.8 Å². The largest absolute Gasteiger partial charge is 0.501 e. The zero-order valence-electron chi connectivity index (χ0n) is 23.3. The molecule has 0 N–H and O–H groups in total. The molecule has 0 amide bonds. The molecule has 3 aromatic carbocycles. The standard InChI is InChI=1S/C30H35N5O5Si/c1-36-30-10-5-4-9-28(30)31-21-27-26-8-3-2-7-24(26)11-12-29(27)37-23-25-22-35(33-32-25)13-6-20-41-38-17-14-34(15-18-39-41)16-19-40-41/h2-5,7-12,21-22H,6,13-20,23H2,1H3. The fourth-order valence-corrected chi connectivity index (χ4v) is 7.68. The van der Waals surface area contributed by atoms with Gasteiger partial charge in [0.15, 0.2) is 0 Å². The van der Waals surface area contributed by atoms with Gasteiger partial charge in [0.2, 0.25) is 0 Å². The first-order valence-corrected chi connectivity index (χ1v) is 16.0. The summed E-state index contributed by atoms with van der Waals surface area (Å²) in [5.41, 5.74) is 2.40. The SMILES string of the molecule is COc1ccccc1N=Cc1c(OCc2cn(CCC[Si]34OCCN(CCO3)CCO4)nn2)ccc2ccccc12. The van der Waals surface area contributed by atoms with Crippen LogP contribution in [0.15, 0.2) is 71.9 Å². The van der Waals surface area contributed by atoms with Crippen LogP contribution < -0.4 is 9.47 Å². The van der Waals surface area contributed by atoms with Gasteiger partial charge in [0.1, 0.15) is 29.5 Å². The second-order valence-corrected chi connectivity index (χ2v) is 12.8. The summed E-state index contributed by atoms with van der Waals surface area (Å²) in [6, 6.07) is 20.7. The van der Waals surface area contributed by atoms with Crippen molar-refractivity contribution in [3.05, 3.63) is 78.1 Å². The van der Waals surface area contributed by atoms with Crippen LogP contribution in [0.25, 0.3) is 10.8 Å². The molecule has 2 bridgehead atoms. The zero-order valence-corrected chi connectivity index (χ0v) is 24.3. The van der Waals surface area contributed by atoms with Gasteiger partial charge in [-0.3, -0.25) is 14.6 Å². The Balaban J connectivity index is 1.11. The van der Waals surface area contributed by atoms with Gasteiger partial charge in [0, 0.05) is 44.0 Å². The monoisotopic (exact) mass is 573 g/mol. The van der Waals surface area contributed by atoms with Crippen molar-refractivity contribution in [3.8, 4) is 11.5 Å². The number of fused-ring (bicyclic) bond motifs is 7. The van der Waals surface area contributed by atoms with Crippen LogP contribution in [0.1, 0.15) is 17.7 Å². The average molecular weight is 574 g/mol. The van der Waals surface area contributed by atoms with Crippen molar-refractivity contribution in [2.75, 3.05) is 46.6 Å². The Bertz CT molecular complexity index is 1470. The van der Waals surface area contributed by atoms with E-state index in [9.17, 15) is 0 Å². The minimum Gasteiger partial charge on any atom is -0.494 e. The highest BCUT2D eigenvalue weighted by molar-refractivity contribution is 6.60. The van der Waals surface area contributed by atoms with Gasteiger partial charge in [0.05, 0.1) is 33.1 Å². The molecule has 41 heavy (non-hydrogen) atoms. The fraction of sp³-hybridized carbons (Fsp3) is 0.367. The van der Waals surface area contributed by atoms with Crippen molar-refractivity contribution >= 4 is 31.5 Å². The van der Waals surface area contributed by atoms with E-state index in [2.05, 4.69) is 33.4 Å². The highest BCUT2D eigenvalue weighted by Gasteiger charge is 2.43. The molecule has 3 aliphatic rings. The van der Waals surface area contributed by atoms with Gasteiger partial charge < -0.3 is 22.8 Å². The van der Waals surface area contributed by atoms with Crippen LogP contribution in [-0.4, -0.2) is 81.5 Å².